The molecule has 5 nitrogen and oxygen atoms in total. The van der Waals surface area contributed by atoms with E-state index in [-0.39, 0.29) is 5.69 Å². The van der Waals surface area contributed by atoms with E-state index in [0.717, 1.165) is 16.6 Å². The summed E-state index contributed by atoms with van der Waals surface area (Å²) < 4.78 is 1.50. The summed E-state index contributed by atoms with van der Waals surface area (Å²) in [5.74, 6) is 0.429. The molecule has 3 aromatic rings. The van der Waals surface area contributed by atoms with Gasteiger partial charge in [0.25, 0.3) is 0 Å². The fourth-order valence-electron chi connectivity index (χ4n) is 1.89. The molecule has 0 aromatic carbocycles. The molecule has 3 aromatic heterocycles. The number of nitrogens with one attached hydrogen (secondary N) is 2. The van der Waals surface area contributed by atoms with Gasteiger partial charge in [-0.2, -0.15) is 5.10 Å². The van der Waals surface area contributed by atoms with Gasteiger partial charge in [-0.1, -0.05) is 13.8 Å². The Labute approximate surface area is 91.1 Å². The smallest absolute Gasteiger partial charge is 0.347 e. The molecule has 2 N–H and O–H groups in total. The van der Waals surface area contributed by atoms with E-state index < -0.39 is 0 Å². The Kier molecular flexibility index (Phi) is 1.71. The number of nitrogens with zero attached hydrogens (tertiary/aromatic N) is 2. The highest BCUT2D eigenvalue weighted by Gasteiger charge is 2.09. The largest absolute Gasteiger partial charge is 0.355 e. The second-order valence-corrected chi connectivity index (χ2v) is 4.25. The van der Waals surface area contributed by atoms with E-state index in [9.17, 15) is 4.79 Å². The average Bonchev–Trinajstić information content (AvgIpc) is 2.81. The van der Waals surface area contributed by atoms with Gasteiger partial charge in [-0.3, -0.25) is 0 Å². The Balaban J connectivity index is 2.46. The summed E-state index contributed by atoms with van der Waals surface area (Å²) in [7, 11) is 0. The molecule has 5 heteroatoms. The average molecular weight is 216 g/mol. The first-order chi connectivity index (χ1) is 7.66. The maximum Gasteiger partial charge on any atom is 0.347 e. The quantitative estimate of drug-likeness (QED) is 0.649. The van der Waals surface area contributed by atoms with Crippen molar-refractivity contribution in [2.45, 2.75) is 19.8 Å². The molecule has 0 radical (unpaired) electrons. The highest BCUT2D eigenvalue weighted by atomic mass is 16.1. The lowest BCUT2D eigenvalue weighted by Gasteiger charge is -1.97. The number of H-pyrrole nitrogens is 2. The molecule has 0 atom stereocenters. The van der Waals surface area contributed by atoms with E-state index in [2.05, 4.69) is 35.1 Å². The summed E-state index contributed by atoms with van der Waals surface area (Å²) in [5, 5.41) is 7.54. The summed E-state index contributed by atoms with van der Waals surface area (Å²) in [4.78, 5) is 14.7. The molecule has 0 aliphatic carbocycles. The molecule has 0 bridgehead atoms. The molecular weight excluding hydrogens is 204 g/mol. The van der Waals surface area contributed by atoms with Gasteiger partial charge in [-0.05, 0) is 18.1 Å². The number of fused-ring (bicyclic) bond motifs is 3. The Morgan fingerprint density at radius 2 is 2.25 bits per heavy atom. The van der Waals surface area contributed by atoms with Crippen molar-refractivity contribution in [3.05, 3.63) is 34.5 Å². The predicted molar refractivity (Wildman–Crippen MR) is 61.8 cm³/mol. The fourth-order valence-corrected chi connectivity index (χ4v) is 1.89. The molecule has 0 amide bonds. The summed E-state index contributed by atoms with van der Waals surface area (Å²) in [5.41, 5.74) is 2.50. The lowest BCUT2D eigenvalue weighted by Crippen LogP contribution is -2.08. The Morgan fingerprint density at radius 3 is 3.00 bits per heavy atom. The van der Waals surface area contributed by atoms with Crippen molar-refractivity contribution in [3.8, 4) is 0 Å². The van der Waals surface area contributed by atoms with Gasteiger partial charge in [-0.15, -0.1) is 0 Å². The minimum atomic E-state index is -0.211. The molecule has 0 fully saturated rings. The molecule has 16 heavy (non-hydrogen) atoms. The second-order valence-electron chi connectivity index (χ2n) is 4.25. The standard InChI is InChI=1S/C11H12N4O/c1-6(2)8-5-7-3-4-15-10(9(7)12-8)13-14-11(15)16/h3-6,12H,1-2H3,(H,14,16). The van der Waals surface area contributed by atoms with Crippen LogP contribution in [0.25, 0.3) is 16.6 Å². The number of aromatic amines is 2. The normalized spacial score (nSPS) is 11.9. The van der Waals surface area contributed by atoms with E-state index in [4.69, 9.17) is 0 Å². The van der Waals surface area contributed by atoms with E-state index in [1.54, 1.807) is 6.20 Å². The maximum atomic E-state index is 11.4. The zero-order valence-corrected chi connectivity index (χ0v) is 9.11. The van der Waals surface area contributed by atoms with Crippen LogP contribution in [0, 0.1) is 0 Å². The van der Waals surface area contributed by atoms with Crippen LogP contribution < -0.4 is 5.69 Å². The lowest BCUT2D eigenvalue weighted by molar-refractivity contribution is 0.836. The van der Waals surface area contributed by atoms with Gasteiger partial charge in [0.2, 0.25) is 0 Å². The third-order valence-electron chi connectivity index (χ3n) is 2.82. The van der Waals surface area contributed by atoms with Gasteiger partial charge in [-0.25, -0.2) is 14.3 Å². The molecule has 0 unspecified atom stereocenters. The van der Waals surface area contributed by atoms with Crippen LogP contribution in [0.15, 0.2) is 23.1 Å². The van der Waals surface area contributed by atoms with Gasteiger partial charge in [0, 0.05) is 17.3 Å². The second kappa shape index (κ2) is 2.98. The van der Waals surface area contributed by atoms with E-state index in [1.165, 1.54) is 4.40 Å². The van der Waals surface area contributed by atoms with Gasteiger partial charge in [0.15, 0.2) is 5.65 Å². The zero-order chi connectivity index (χ0) is 11.3. The van der Waals surface area contributed by atoms with E-state index in [1.807, 2.05) is 6.07 Å². The first kappa shape index (κ1) is 9.21. The monoisotopic (exact) mass is 216 g/mol. The fraction of sp³-hybridized carbons (Fsp3) is 0.273. The van der Waals surface area contributed by atoms with Crippen LogP contribution in [0.5, 0.6) is 0 Å². The number of pyridine rings is 1. The van der Waals surface area contributed by atoms with Gasteiger partial charge >= 0.3 is 5.69 Å². The van der Waals surface area contributed by atoms with Crippen LogP contribution in [-0.2, 0) is 0 Å². The molecule has 0 aliphatic rings. The Hall–Kier alpha value is -2.04. The van der Waals surface area contributed by atoms with Crippen molar-refractivity contribution in [3.63, 3.8) is 0 Å². The minimum absolute atomic E-state index is 0.211. The van der Waals surface area contributed by atoms with Crippen molar-refractivity contribution >= 4 is 16.6 Å². The third-order valence-corrected chi connectivity index (χ3v) is 2.82. The predicted octanol–water partition coefficient (Wildman–Crippen LogP) is 1.63. The summed E-state index contributed by atoms with van der Waals surface area (Å²) in [6.45, 7) is 4.25. The number of aromatic nitrogens is 4. The first-order valence-corrected chi connectivity index (χ1v) is 5.25. The SMILES string of the molecule is CC(C)c1cc2ccn3c(=O)[nH]nc3c2[nH]1. The van der Waals surface area contributed by atoms with Crippen LogP contribution in [0.4, 0.5) is 0 Å². The number of hydrogen-bond donors (Lipinski definition) is 2. The molecule has 0 aliphatic heterocycles. The Bertz CT molecular complexity index is 716. The highest BCUT2D eigenvalue weighted by Crippen LogP contribution is 2.22. The third kappa shape index (κ3) is 1.11. The lowest BCUT2D eigenvalue weighted by atomic mass is 10.1. The van der Waals surface area contributed by atoms with Crippen molar-refractivity contribution in [2.75, 3.05) is 0 Å². The van der Waals surface area contributed by atoms with E-state index in [0.29, 0.717) is 11.6 Å². The Morgan fingerprint density at radius 1 is 1.44 bits per heavy atom. The van der Waals surface area contributed by atoms with Crippen molar-refractivity contribution in [1.29, 1.82) is 0 Å². The molecule has 3 heterocycles. The molecule has 82 valence electrons. The van der Waals surface area contributed by atoms with Crippen LogP contribution in [0.3, 0.4) is 0 Å². The highest BCUT2D eigenvalue weighted by molar-refractivity contribution is 5.91. The zero-order valence-electron chi connectivity index (χ0n) is 9.11. The summed E-state index contributed by atoms with van der Waals surface area (Å²) in [6.07, 6.45) is 1.74. The first-order valence-electron chi connectivity index (χ1n) is 5.25. The minimum Gasteiger partial charge on any atom is -0.355 e. The molecule has 0 spiro atoms. The van der Waals surface area contributed by atoms with Gasteiger partial charge in [0.05, 0.1) is 5.52 Å². The van der Waals surface area contributed by atoms with Crippen molar-refractivity contribution < 1.29 is 0 Å². The topological polar surface area (TPSA) is 65.9 Å². The van der Waals surface area contributed by atoms with Gasteiger partial charge in [0.1, 0.15) is 0 Å². The van der Waals surface area contributed by atoms with E-state index >= 15 is 0 Å². The number of rotatable bonds is 1. The molecule has 0 saturated carbocycles. The molecule has 3 rings (SSSR count). The summed E-state index contributed by atoms with van der Waals surface area (Å²) >= 11 is 0. The summed E-state index contributed by atoms with van der Waals surface area (Å²) in [6, 6.07) is 4.01. The van der Waals surface area contributed by atoms with Crippen LogP contribution >= 0.6 is 0 Å². The van der Waals surface area contributed by atoms with Gasteiger partial charge < -0.3 is 4.98 Å². The molecular formula is C11H12N4O. The van der Waals surface area contributed by atoms with Crippen LogP contribution in [0.2, 0.25) is 0 Å². The van der Waals surface area contributed by atoms with Crippen molar-refractivity contribution in [1.82, 2.24) is 19.6 Å². The van der Waals surface area contributed by atoms with Crippen molar-refractivity contribution in [2.24, 2.45) is 0 Å². The maximum absolute atomic E-state index is 11.4. The van der Waals surface area contributed by atoms with Crippen LogP contribution in [0.1, 0.15) is 25.5 Å². The molecule has 0 saturated heterocycles. The van der Waals surface area contributed by atoms with Crippen LogP contribution in [-0.4, -0.2) is 19.6 Å². The number of hydrogen-bond acceptors (Lipinski definition) is 2.